The second-order valence-corrected chi connectivity index (χ2v) is 11.3. The third-order valence-electron chi connectivity index (χ3n) is 6.18. The van der Waals surface area contributed by atoms with Crippen LogP contribution in [0.2, 0.25) is 10.0 Å². The van der Waals surface area contributed by atoms with Crippen molar-refractivity contribution in [2.45, 2.75) is 30.0 Å². The Balaban J connectivity index is 1.52. The van der Waals surface area contributed by atoms with Crippen molar-refractivity contribution in [2.24, 2.45) is 5.92 Å². The zero-order valence-corrected chi connectivity index (χ0v) is 22.6. The molecule has 3 aromatic rings. The molecule has 1 N–H and O–H groups in total. The van der Waals surface area contributed by atoms with E-state index in [2.05, 4.69) is 5.32 Å². The van der Waals surface area contributed by atoms with Gasteiger partial charge in [0.2, 0.25) is 5.91 Å². The molecule has 0 bridgehead atoms. The summed E-state index contributed by atoms with van der Waals surface area (Å²) in [5.74, 6) is -6.03. The number of rotatable bonds is 8. The van der Waals surface area contributed by atoms with Gasteiger partial charge in [0.25, 0.3) is 0 Å². The minimum absolute atomic E-state index is 0.0743. The van der Waals surface area contributed by atoms with Gasteiger partial charge in [-0.25, -0.2) is 13.2 Å². The van der Waals surface area contributed by atoms with Crippen molar-refractivity contribution >= 4 is 69.6 Å². The topological polar surface area (TPSA) is 63.2 Å². The van der Waals surface area contributed by atoms with Crippen LogP contribution in [0, 0.1) is 23.4 Å². The predicted molar refractivity (Wildman–Crippen MR) is 141 cm³/mol. The highest BCUT2D eigenvalue weighted by atomic mass is 35.5. The lowest BCUT2D eigenvalue weighted by molar-refractivity contribution is -0.117. The molecular weight excluding hydrogens is 585 g/mol. The van der Waals surface area contributed by atoms with Gasteiger partial charge >= 0.3 is 0 Å². The number of hydrogen-bond donors (Lipinski definition) is 1. The first kappa shape index (κ1) is 28.4. The van der Waals surface area contributed by atoms with Crippen molar-refractivity contribution in [3.05, 3.63) is 98.3 Å². The average Bonchev–Trinajstić information content (AvgIpc) is 3.41. The molecule has 198 valence electrons. The van der Waals surface area contributed by atoms with Gasteiger partial charge in [-0.3, -0.25) is 14.4 Å². The van der Waals surface area contributed by atoms with Crippen LogP contribution in [0.15, 0.2) is 48.5 Å². The number of nitrogens with one attached hydrogen (secondary N) is 1. The number of carbonyl (C=O) groups is 3. The van der Waals surface area contributed by atoms with Crippen LogP contribution in [0.25, 0.3) is 0 Å². The molecule has 1 aliphatic carbocycles. The van der Waals surface area contributed by atoms with Crippen LogP contribution in [0.5, 0.6) is 0 Å². The molecule has 0 heterocycles. The molecule has 0 unspecified atom stereocenters. The Kier molecular flexibility index (Phi) is 8.15. The van der Waals surface area contributed by atoms with Crippen LogP contribution >= 0.6 is 46.4 Å². The summed E-state index contributed by atoms with van der Waals surface area (Å²) in [5, 5.41) is 3.17. The Morgan fingerprint density at radius 2 is 1.50 bits per heavy atom. The van der Waals surface area contributed by atoms with E-state index in [-0.39, 0.29) is 34.0 Å². The molecule has 0 saturated heterocycles. The first-order valence-corrected chi connectivity index (χ1v) is 12.7. The van der Waals surface area contributed by atoms with E-state index >= 15 is 0 Å². The normalized spacial score (nSPS) is 17.7. The SMILES string of the molecule is CC(=O)Cc1cc(CC(=O)c2cc(NC(=O)[C@H]3[C@H](c4ccc(Cl)c(Cl)c4)C3(Cl)Cl)ccc2F)c(F)cc1F. The van der Waals surface area contributed by atoms with Gasteiger partial charge in [0, 0.05) is 30.5 Å². The van der Waals surface area contributed by atoms with Crippen molar-refractivity contribution in [3.63, 3.8) is 0 Å². The van der Waals surface area contributed by atoms with Crippen molar-refractivity contribution in [2.75, 3.05) is 5.32 Å². The lowest BCUT2D eigenvalue weighted by Gasteiger charge is -2.10. The first-order valence-electron chi connectivity index (χ1n) is 11.2. The Morgan fingerprint density at radius 1 is 0.842 bits per heavy atom. The zero-order chi connectivity index (χ0) is 27.9. The Bertz CT molecular complexity index is 1480. The van der Waals surface area contributed by atoms with Gasteiger partial charge in [0.15, 0.2) is 5.78 Å². The largest absolute Gasteiger partial charge is 0.326 e. The van der Waals surface area contributed by atoms with E-state index in [1.807, 2.05) is 0 Å². The molecule has 0 aromatic heterocycles. The fourth-order valence-electron chi connectivity index (χ4n) is 4.26. The molecule has 0 radical (unpaired) electrons. The number of halogens is 7. The molecule has 1 saturated carbocycles. The van der Waals surface area contributed by atoms with Gasteiger partial charge in [0.05, 0.1) is 21.5 Å². The monoisotopic (exact) mass is 601 g/mol. The Morgan fingerprint density at radius 3 is 2.13 bits per heavy atom. The zero-order valence-electron chi connectivity index (χ0n) is 19.6. The van der Waals surface area contributed by atoms with Crippen molar-refractivity contribution in [3.8, 4) is 0 Å². The van der Waals surface area contributed by atoms with Crippen LogP contribution in [-0.2, 0) is 22.4 Å². The number of amides is 1. The van der Waals surface area contributed by atoms with Gasteiger partial charge in [-0.2, -0.15) is 0 Å². The maximum Gasteiger partial charge on any atom is 0.231 e. The van der Waals surface area contributed by atoms with E-state index in [9.17, 15) is 27.6 Å². The number of carbonyl (C=O) groups excluding carboxylic acids is 3. The summed E-state index contributed by atoms with van der Waals surface area (Å²) in [4.78, 5) is 37.2. The molecular formula is C27H18Cl4F3NO3. The van der Waals surface area contributed by atoms with Crippen LogP contribution in [0.1, 0.15) is 39.9 Å². The molecule has 11 heteroatoms. The highest BCUT2D eigenvalue weighted by molar-refractivity contribution is 6.53. The summed E-state index contributed by atoms with van der Waals surface area (Å²) in [6.45, 7) is 1.25. The Labute approximate surface area is 236 Å². The smallest absolute Gasteiger partial charge is 0.231 e. The first-order chi connectivity index (χ1) is 17.8. The van der Waals surface area contributed by atoms with E-state index in [1.165, 1.54) is 13.0 Å². The fourth-order valence-corrected chi connectivity index (χ4v) is 5.40. The molecule has 3 aromatic carbocycles. The quantitative estimate of drug-likeness (QED) is 0.215. The second kappa shape index (κ2) is 10.9. The summed E-state index contributed by atoms with van der Waals surface area (Å²) in [5.41, 5.74) is -0.00206. The molecule has 4 nitrogen and oxygen atoms in total. The highest BCUT2D eigenvalue weighted by Crippen LogP contribution is 2.65. The average molecular weight is 603 g/mol. The molecule has 2 atom stereocenters. The number of ketones is 2. The lowest BCUT2D eigenvalue weighted by atomic mass is 9.98. The lowest BCUT2D eigenvalue weighted by Crippen LogP contribution is -2.18. The molecule has 1 amide bonds. The molecule has 38 heavy (non-hydrogen) atoms. The van der Waals surface area contributed by atoms with Gasteiger partial charge < -0.3 is 5.32 Å². The van der Waals surface area contributed by atoms with E-state index < -0.39 is 57.3 Å². The minimum Gasteiger partial charge on any atom is -0.326 e. The van der Waals surface area contributed by atoms with E-state index in [4.69, 9.17) is 46.4 Å². The van der Waals surface area contributed by atoms with Crippen molar-refractivity contribution < 1.29 is 27.6 Å². The third-order valence-corrected chi connectivity index (χ3v) is 7.86. The highest BCUT2D eigenvalue weighted by Gasteiger charge is 2.67. The summed E-state index contributed by atoms with van der Waals surface area (Å²) >= 11 is 24.7. The standard InChI is InChI=1S/C27H18Cl4F3NO3/c1-12(36)6-14-7-15(22(34)11-21(14)33)9-23(37)17-10-16(3-5-20(17)32)35-26(38)25-24(27(25,30)31)13-2-4-18(28)19(29)8-13/h2-5,7-8,10-11,24-25H,6,9H2,1H3,(H,35,38)/t24-,25+/m0/s1. The minimum atomic E-state index is -1.43. The Hall–Kier alpha value is -2.58. The number of alkyl halides is 2. The summed E-state index contributed by atoms with van der Waals surface area (Å²) in [6.07, 6.45) is -0.879. The summed E-state index contributed by atoms with van der Waals surface area (Å²) in [7, 11) is 0. The summed E-state index contributed by atoms with van der Waals surface area (Å²) < 4.78 is 41.4. The predicted octanol–water partition coefficient (Wildman–Crippen LogP) is 7.49. The van der Waals surface area contributed by atoms with E-state index in [1.54, 1.807) is 18.2 Å². The van der Waals surface area contributed by atoms with E-state index in [0.29, 0.717) is 16.7 Å². The third kappa shape index (κ3) is 5.86. The van der Waals surface area contributed by atoms with Gasteiger partial charge in [-0.1, -0.05) is 29.3 Å². The number of anilines is 1. The van der Waals surface area contributed by atoms with Gasteiger partial charge in [-0.15, -0.1) is 23.2 Å². The van der Waals surface area contributed by atoms with E-state index in [0.717, 1.165) is 18.2 Å². The van der Waals surface area contributed by atoms with Crippen LogP contribution in [0.3, 0.4) is 0 Å². The molecule has 1 aliphatic rings. The number of benzene rings is 3. The molecule has 1 fully saturated rings. The van der Waals surface area contributed by atoms with Crippen LogP contribution < -0.4 is 5.32 Å². The maximum absolute atomic E-state index is 14.5. The van der Waals surface area contributed by atoms with Gasteiger partial charge in [0.1, 0.15) is 27.6 Å². The van der Waals surface area contributed by atoms with Crippen LogP contribution in [0.4, 0.5) is 18.9 Å². The molecule has 4 rings (SSSR count). The second-order valence-electron chi connectivity index (χ2n) is 9.00. The number of hydrogen-bond acceptors (Lipinski definition) is 3. The summed E-state index contributed by atoms with van der Waals surface area (Å²) in [6, 6.07) is 9.75. The molecule has 0 spiro atoms. The molecule has 0 aliphatic heterocycles. The van der Waals surface area contributed by atoms with Crippen molar-refractivity contribution in [1.29, 1.82) is 0 Å². The number of Topliss-reactive ketones (excluding diaryl/α,β-unsaturated/α-hetero) is 2. The fraction of sp³-hybridized carbons (Fsp3) is 0.222. The maximum atomic E-state index is 14.5. The van der Waals surface area contributed by atoms with Crippen molar-refractivity contribution in [1.82, 2.24) is 0 Å². The van der Waals surface area contributed by atoms with Crippen LogP contribution in [-0.4, -0.2) is 21.8 Å². The van der Waals surface area contributed by atoms with Gasteiger partial charge in [-0.05, 0) is 60.0 Å².